The zero-order valence-electron chi connectivity index (χ0n) is 16.5. The SMILES string of the molecule is CCN1C(=S)N[C@H](c2ccccn2)[C@H]1c1cc(C)n(Cc2cccnc2)c1C. The molecule has 0 amide bonds. The van der Waals surface area contributed by atoms with Crippen LogP contribution in [0.3, 0.4) is 0 Å². The van der Waals surface area contributed by atoms with Crippen molar-refractivity contribution in [3.8, 4) is 0 Å². The van der Waals surface area contributed by atoms with Crippen LogP contribution in [-0.4, -0.2) is 31.1 Å². The molecule has 5 nitrogen and oxygen atoms in total. The molecule has 1 fully saturated rings. The van der Waals surface area contributed by atoms with Crippen molar-refractivity contribution in [2.75, 3.05) is 6.54 Å². The summed E-state index contributed by atoms with van der Waals surface area (Å²) in [5.41, 5.74) is 6.01. The summed E-state index contributed by atoms with van der Waals surface area (Å²) >= 11 is 5.65. The number of nitrogens with one attached hydrogen (secondary N) is 1. The molecule has 0 radical (unpaired) electrons. The number of likely N-dealkylation sites (N-methyl/N-ethyl adjacent to an activating group) is 1. The van der Waals surface area contributed by atoms with Gasteiger partial charge in [0.05, 0.1) is 17.8 Å². The smallest absolute Gasteiger partial charge is 0.170 e. The van der Waals surface area contributed by atoms with E-state index in [-0.39, 0.29) is 12.1 Å². The van der Waals surface area contributed by atoms with Crippen LogP contribution in [0.25, 0.3) is 0 Å². The van der Waals surface area contributed by atoms with Crippen molar-refractivity contribution < 1.29 is 0 Å². The number of nitrogens with zero attached hydrogens (tertiary/aromatic N) is 4. The molecule has 3 aromatic rings. The zero-order valence-corrected chi connectivity index (χ0v) is 17.3. The van der Waals surface area contributed by atoms with Gasteiger partial charge in [-0.15, -0.1) is 0 Å². The number of hydrogen-bond donors (Lipinski definition) is 1. The Morgan fingerprint density at radius 2 is 2.00 bits per heavy atom. The number of rotatable bonds is 5. The highest BCUT2D eigenvalue weighted by atomic mass is 32.1. The molecule has 6 heteroatoms. The van der Waals surface area contributed by atoms with Gasteiger partial charge in [-0.1, -0.05) is 12.1 Å². The normalized spacial score (nSPS) is 19.1. The maximum atomic E-state index is 5.65. The lowest BCUT2D eigenvalue weighted by atomic mass is 9.97. The summed E-state index contributed by atoms with van der Waals surface area (Å²) in [7, 11) is 0. The highest BCUT2D eigenvalue weighted by Gasteiger charge is 2.40. The largest absolute Gasteiger partial charge is 0.352 e. The third-order valence-corrected chi connectivity index (χ3v) is 5.89. The maximum absolute atomic E-state index is 5.65. The summed E-state index contributed by atoms with van der Waals surface area (Å²) in [6, 6.07) is 12.6. The van der Waals surface area contributed by atoms with E-state index in [2.05, 4.69) is 63.7 Å². The van der Waals surface area contributed by atoms with Gasteiger partial charge >= 0.3 is 0 Å². The van der Waals surface area contributed by atoms with Crippen LogP contribution in [0.15, 0.2) is 55.0 Å². The van der Waals surface area contributed by atoms with Crippen molar-refractivity contribution in [3.05, 3.63) is 83.2 Å². The lowest BCUT2D eigenvalue weighted by Gasteiger charge is -2.27. The Morgan fingerprint density at radius 1 is 1.14 bits per heavy atom. The zero-order chi connectivity index (χ0) is 19.7. The number of aryl methyl sites for hydroxylation is 1. The van der Waals surface area contributed by atoms with Gasteiger partial charge < -0.3 is 14.8 Å². The van der Waals surface area contributed by atoms with E-state index in [1.165, 1.54) is 22.5 Å². The number of hydrogen-bond acceptors (Lipinski definition) is 3. The van der Waals surface area contributed by atoms with E-state index in [0.717, 1.165) is 23.9 Å². The highest BCUT2D eigenvalue weighted by molar-refractivity contribution is 7.80. The minimum absolute atomic E-state index is 0.0426. The van der Waals surface area contributed by atoms with Crippen LogP contribution < -0.4 is 5.32 Å². The molecule has 0 aliphatic carbocycles. The summed E-state index contributed by atoms with van der Waals surface area (Å²) < 4.78 is 2.36. The first kappa shape index (κ1) is 18.6. The van der Waals surface area contributed by atoms with Crippen LogP contribution >= 0.6 is 12.2 Å². The summed E-state index contributed by atoms with van der Waals surface area (Å²) in [5, 5.41) is 4.29. The van der Waals surface area contributed by atoms with Crippen molar-refractivity contribution in [3.63, 3.8) is 0 Å². The number of thiocarbonyl (C=S) groups is 1. The van der Waals surface area contributed by atoms with Gasteiger partial charge in [-0.2, -0.15) is 0 Å². The molecule has 4 rings (SSSR count). The van der Waals surface area contributed by atoms with E-state index in [9.17, 15) is 0 Å². The molecule has 1 N–H and O–H groups in total. The van der Waals surface area contributed by atoms with E-state index in [4.69, 9.17) is 12.2 Å². The van der Waals surface area contributed by atoms with Crippen molar-refractivity contribution in [2.24, 2.45) is 0 Å². The number of pyridine rings is 2. The minimum atomic E-state index is 0.0426. The number of aromatic nitrogens is 3. The van der Waals surface area contributed by atoms with Crippen LogP contribution in [-0.2, 0) is 6.54 Å². The lowest BCUT2D eigenvalue weighted by molar-refractivity contribution is 0.329. The quantitative estimate of drug-likeness (QED) is 0.668. The van der Waals surface area contributed by atoms with E-state index >= 15 is 0 Å². The minimum Gasteiger partial charge on any atom is -0.352 e. The van der Waals surface area contributed by atoms with Crippen molar-refractivity contribution in [2.45, 2.75) is 39.4 Å². The second-order valence-electron chi connectivity index (χ2n) is 7.19. The van der Waals surface area contributed by atoms with Crippen LogP contribution in [0.2, 0.25) is 0 Å². The fourth-order valence-electron chi connectivity index (χ4n) is 4.13. The molecule has 2 atom stereocenters. The van der Waals surface area contributed by atoms with E-state index < -0.39 is 0 Å². The van der Waals surface area contributed by atoms with Crippen LogP contribution in [0.1, 0.15) is 47.2 Å². The van der Waals surface area contributed by atoms with Gasteiger partial charge in [0, 0.05) is 43.1 Å². The first-order valence-electron chi connectivity index (χ1n) is 9.63. The molecule has 0 unspecified atom stereocenters. The molecular weight excluding hydrogens is 366 g/mol. The molecule has 0 aromatic carbocycles. The van der Waals surface area contributed by atoms with Gasteiger partial charge in [0.2, 0.25) is 0 Å². The Hall–Kier alpha value is -2.73. The van der Waals surface area contributed by atoms with E-state index in [0.29, 0.717) is 0 Å². The standard InChI is InChI=1S/C22H25N5S/c1-4-26-21(20(25-22(26)28)19-9-5-6-11-24-19)18-12-15(2)27(16(18)3)14-17-8-7-10-23-13-17/h5-13,20-21H,4,14H2,1-3H3,(H,25,28)/t20-,21-/m1/s1. The maximum Gasteiger partial charge on any atom is 0.170 e. The van der Waals surface area contributed by atoms with Crippen LogP contribution in [0, 0.1) is 13.8 Å². The second-order valence-corrected chi connectivity index (χ2v) is 7.57. The fraction of sp³-hybridized carbons (Fsp3) is 0.318. The first-order chi connectivity index (χ1) is 13.6. The van der Waals surface area contributed by atoms with Gasteiger partial charge in [-0.05, 0) is 68.4 Å². The molecule has 144 valence electrons. The fourth-order valence-corrected chi connectivity index (χ4v) is 4.50. The van der Waals surface area contributed by atoms with Crippen molar-refractivity contribution in [1.29, 1.82) is 0 Å². The molecule has 0 saturated carbocycles. The van der Waals surface area contributed by atoms with E-state index in [1.54, 1.807) is 0 Å². The van der Waals surface area contributed by atoms with E-state index in [1.807, 2.05) is 36.8 Å². The average molecular weight is 392 g/mol. The summed E-state index contributed by atoms with van der Waals surface area (Å²) in [6.07, 6.45) is 5.59. The predicted molar refractivity (Wildman–Crippen MR) is 115 cm³/mol. The molecule has 28 heavy (non-hydrogen) atoms. The van der Waals surface area contributed by atoms with Gasteiger partial charge in [0.15, 0.2) is 5.11 Å². The summed E-state index contributed by atoms with van der Waals surface area (Å²) in [4.78, 5) is 11.1. The van der Waals surface area contributed by atoms with Gasteiger partial charge in [-0.3, -0.25) is 9.97 Å². The molecule has 1 aliphatic rings. The monoisotopic (exact) mass is 391 g/mol. The first-order valence-corrected chi connectivity index (χ1v) is 10.0. The Bertz CT molecular complexity index is 967. The molecule has 4 heterocycles. The lowest BCUT2D eigenvalue weighted by Crippen LogP contribution is -2.29. The molecule has 0 bridgehead atoms. The molecule has 1 aliphatic heterocycles. The topological polar surface area (TPSA) is 46.0 Å². The Morgan fingerprint density at radius 3 is 2.68 bits per heavy atom. The average Bonchev–Trinajstić information content (AvgIpc) is 3.20. The molecule has 3 aromatic heterocycles. The third-order valence-electron chi connectivity index (χ3n) is 5.53. The highest BCUT2D eigenvalue weighted by Crippen LogP contribution is 2.40. The Balaban J connectivity index is 1.75. The Kier molecular flexibility index (Phi) is 5.13. The molecular formula is C22H25N5S. The molecule has 1 saturated heterocycles. The van der Waals surface area contributed by atoms with Gasteiger partial charge in [-0.25, -0.2) is 0 Å². The summed E-state index contributed by atoms with van der Waals surface area (Å²) in [5.74, 6) is 0. The second kappa shape index (κ2) is 7.72. The Labute approximate surface area is 171 Å². The van der Waals surface area contributed by atoms with Crippen molar-refractivity contribution >= 4 is 17.3 Å². The van der Waals surface area contributed by atoms with Crippen LogP contribution in [0.4, 0.5) is 0 Å². The van der Waals surface area contributed by atoms with Crippen molar-refractivity contribution in [1.82, 2.24) is 24.8 Å². The third kappa shape index (κ3) is 3.29. The van der Waals surface area contributed by atoms with Gasteiger partial charge in [0.25, 0.3) is 0 Å². The summed E-state index contributed by atoms with van der Waals surface area (Å²) in [6.45, 7) is 8.18. The van der Waals surface area contributed by atoms with Crippen LogP contribution in [0.5, 0.6) is 0 Å². The predicted octanol–water partition coefficient (Wildman–Crippen LogP) is 3.94. The van der Waals surface area contributed by atoms with Gasteiger partial charge in [0.1, 0.15) is 0 Å². The molecule has 0 spiro atoms.